The van der Waals surface area contributed by atoms with Crippen LogP contribution in [0, 0.1) is 13.8 Å². The van der Waals surface area contributed by atoms with Gasteiger partial charge in [0.25, 0.3) is 0 Å². The summed E-state index contributed by atoms with van der Waals surface area (Å²) < 4.78 is 17.6. The van der Waals surface area contributed by atoms with E-state index >= 15 is 0 Å². The van der Waals surface area contributed by atoms with Crippen LogP contribution in [0.2, 0.25) is 0 Å². The van der Waals surface area contributed by atoms with Crippen molar-refractivity contribution in [3.8, 4) is 11.5 Å². The monoisotopic (exact) mass is 512 g/mol. The Balaban J connectivity index is 0.00000195. The zero-order valence-corrected chi connectivity index (χ0v) is 23.2. The number of aryl methyl sites for hydroxylation is 2. The Morgan fingerprint density at radius 3 is 2.18 bits per heavy atom. The van der Waals surface area contributed by atoms with Crippen molar-refractivity contribution in [3.05, 3.63) is 106 Å². The first-order valence-corrected chi connectivity index (χ1v) is 12.8. The number of hydrazone groups is 1. The van der Waals surface area contributed by atoms with Gasteiger partial charge in [0, 0.05) is 17.3 Å². The maximum Gasteiger partial charge on any atom is 0.360 e. The third-order valence-corrected chi connectivity index (χ3v) is 5.71. The van der Waals surface area contributed by atoms with Gasteiger partial charge in [0.15, 0.2) is 11.5 Å². The fraction of sp³-hybridized carbons (Fsp3) is 0.250. The second kappa shape index (κ2) is 13.3. The molecule has 38 heavy (non-hydrogen) atoms. The largest absolute Gasteiger partial charge is 0.486 e. The zero-order chi connectivity index (χ0) is 27.7. The quantitative estimate of drug-likeness (QED) is 0.238. The summed E-state index contributed by atoms with van der Waals surface area (Å²) in [6, 6.07) is 21.6. The van der Waals surface area contributed by atoms with Gasteiger partial charge in [-0.25, -0.2) is 9.80 Å². The Hall–Kier alpha value is -4.32. The second-order valence-corrected chi connectivity index (χ2v) is 8.44. The van der Waals surface area contributed by atoms with Gasteiger partial charge in [-0.15, -0.1) is 0 Å². The van der Waals surface area contributed by atoms with Gasteiger partial charge in [0.2, 0.25) is 0 Å². The molecule has 1 aliphatic rings. The van der Waals surface area contributed by atoms with Crippen molar-refractivity contribution in [2.45, 2.75) is 48.1 Å². The molecule has 0 unspecified atom stereocenters. The summed E-state index contributed by atoms with van der Waals surface area (Å²) in [6.07, 6.45) is 3.53. The van der Waals surface area contributed by atoms with Crippen molar-refractivity contribution in [2.75, 3.05) is 7.11 Å². The van der Waals surface area contributed by atoms with Crippen LogP contribution >= 0.6 is 0 Å². The van der Waals surface area contributed by atoms with Gasteiger partial charge in [0.05, 0.1) is 12.8 Å². The molecule has 1 heterocycles. The molecule has 0 fully saturated rings. The highest BCUT2D eigenvalue weighted by atomic mass is 16.5. The van der Waals surface area contributed by atoms with E-state index in [1.54, 1.807) is 18.1 Å². The van der Waals surface area contributed by atoms with Gasteiger partial charge in [-0.2, -0.15) is 5.10 Å². The number of esters is 1. The first kappa shape index (κ1) is 28.3. The van der Waals surface area contributed by atoms with Crippen molar-refractivity contribution in [1.29, 1.82) is 0 Å². The molecule has 198 valence electrons. The number of methoxy groups -OCH3 is 1. The number of hydrogen-bond acceptors (Lipinski definition) is 6. The van der Waals surface area contributed by atoms with Crippen LogP contribution in [0.1, 0.15) is 55.5 Å². The summed E-state index contributed by atoms with van der Waals surface area (Å²) in [6.45, 7) is 12.1. The van der Waals surface area contributed by atoms with Gasteiger partial charge < -0.3 is 14.2 Å². The Bertz CT molecular complexity index is 1340. The highest BCUT2D eigenvalue weighted by Crippen LogP contribution is 2.42. The lowest BCUT2D eigenvalue weighted by Crippen LogP contribution is -2.29. The average Bonchev–Trinajstić information content (AvgIpc) is 2.92. The molecule has 0 amide bonds. The SMILES string of the molecule is C/C=N\N1C(C(=O)OC)=C(OCc2ccccc2)c2ccc(Oc3cc(C)cc(C)c3)cc2/C1=C\C.CC. The third-order valence-electron chi connectivity index (χ3n) is 5.71. The predicted octanol–water partition coefficient (Wildman–Crippen LogP) is 7.86. The molecule has 3 aromatic carbocycles. The normalized spacial score (nSPS) is 13.7. The topological polar surface area (TPSA) is 60.4 Å². The number of ether oxygens (including phenoxy) is 3. The predicted molar refractivity (Wildman–Crippen MR) is 154 cm³/mol. The Labute approximate surface area is 225 Å². The zero-order valence-electron chi connectivity index (χ0n) is 23.2. The number of allylic oxidation sites excluding steroid dienone is 1. The molecule has 0 radical (unpaired) electrons. The molecule has 4 rings (SSSR count). The summed E-state index contributed by atoms with van der Waals surface area (Å²) in [4.78, 5) is 13.0. The first-order valence-electron chi connectivity index (χ1n) is 12.8. The van der Waals surface area contributed by atoms with E-state index in [9.17, 15) is 4.79 Å². The maximum absolute atomic E-state index is 13.0. The Morgan fingerprint density at radius 1 is 0.895 bits per heavy atom. The van der Waals surface area contributed by atoms with Gasteiger partial charge in [-0.3, -0.25) is 0 Å². The summed E-state index contributed by atoms with van der Waals surface area (Å²) in [5.41, 5.74) is 5.77. The van der Waals surface area contributed by atoms with Crippen molar-refractivity contribution in [2.24, 2.45) is 5.10 Å². The lowest BCUT2D eigenvalue weighted by molar-refractivity contribution is -0.137. The van der Waals surface area contributed by atoms with Crippen LogP contribution < -0.4 is 4.74 Å². The van der Waals surface area contributed by atoms with Crippen LogP contribution in [0.3, 0.4) is 0 Å². The van der Waals surface area contributed by atoms with E-state index in [4.69, 9.17) is 14.2 Å². The van der Waals surface area contributed by atoms with E-state index in [0.29, 0.717) is 11.5 Å². The molecule has 6 nitrogen and oxygen atoms in total. The molecule has 0 aromatic heterocycles. The van der Waals surface area contributed by atoms with E-state index in [1.165, 1.54) is 7.11 Å². The van der Waals surface area contributed by atoms with Gasteiger partial charge in [-0.1, -0.05) is 56.3 Å². The molecule has 0 spiro atoms. The van der Waals surface area contributed by atoms with Crippen LogP contribution in [0.4, 0.5) is 0 Å². The minimum atomic E-state index is -0.538. The van der Waals surface area contributed by atoms with Crippen molar-refractivity contribution < 1.29 is 19.0 Å². The fourth-order valence-corrected chi connectivity index (χ4v) is 4.25. The van der Waals surface area contributed by atoms with Gasteiger partial charge >= 0.3 is 5.97 Å². The van der Waals surface area contributed by atoms with E-state index in [0.717, 1.165) is 39.3 Å². The minimum Gasteiger partial charge on any atom is -0.486 e. The van der Waals surface area contributed by atoms with E-state index in [2.05, 4.69) is 11.2 Å². The highest BCUT2D eigenvalue weighted by Gasteiger charge is 2.35. The maximum atomic E-state index is 13.0. The smallest absolute Gasteiger partial charge is 0.360 e. The van der Waals surface area contributed by atoms with Crippen molar-refractivity contribution >= 4 is 23.6 Å². The Kier molecular flexibility index (Phi) is 9.88. The molecule has 0 saturated heterocycles. The standard InChI is InChI=1S/C30H30N2O4.C2H6/c1-6-27-26-18-23(36-24-16-20(3)15-21(4)17-24)13-14-25(26)29(35-19-22-11-9-8-10-12-22)28(30(33)34-5)32(27)31-7-2;1-2/h6-18H,19H2,1-5H3;1-2H3/b27-6+,31-7-;. The summed E-state index contributed by atoms with van der Waals surface area (Å²) in [7, 11) is 1.35. The van der Waals surface area contributed by atoms with Crippen molar-refractivity contribution in [1.82, 2.24) is 5.01 Å². The minimum absolute atomic E-state index is 0.218. The lowest BCUT2D eigenvalue weighted by atomic mass is 9.96. The van der Waals surface area contributed by atoms with Crippen LogP contribution in [0.15, 0.2) is 83.6 Å². The molecular formula is C32H36N2O4. The first-order chi connectivity index (χ1) is 18.4. The highest BCUT2D eigenvalue weighted by molar-refractivity contribution is 6.01. The lowest BCUT2D eigenvalue weighted by Gasteiger charge is -2.32. The number of carbonyl (C=O) groups excluding carboxylic acids is 1. The number of benzene rings is 3. The molecule has 0 atom stereocenters. The summed E-state index contributed by atoms with van der Waals surface area (Å²) in [5, 5.41) is 6.05. The van der Waals surface area contributed by atoms with Gasteiger partial charge in [0.1, 0.15) is 18.1 Å². The molecule has 0 aliphatic carbocycles. The Morgan fingerprint density at radius 2 is 1.58 bits per heavy atom. The molecule has 6 heteroatoms. The van der Waals surface area contributed by atoms with Crippen LogP contribution in [0.5, 0.6) is 11.5 Å². The van der Waals surface area contributed by atoms with Crippen molar-refractivity contribution in [3.63, 3.8) is 0 Å². The van der Waals surface area contributed by atoms with Crippen LogP contribution in [-0.2, 0) is 20.9 Å². The van der Waals surface area contributed by atoms with Crippen LogP contribution in [-0.4, -0.2) is 24.3 Å². The molecule has 0 bridgehead atoms. The molecule has 3 aromatic rings. The molecule has 0 saturated carbocycles. The molecule has 0 N–H and O–H groups in total. The molecule has 1 aliphatic heterocycles. The molecular weight excluding hydrogens is 476 g/mol. The number of carbonyl (C=O) groups is 1. The van der Waals surface area contributed by atoms with Crippen LogP contribution in [0.25, 0.3) is 11.5 Å². The number of nitrogens with zero attached hydrogens (tertiary/aromatic N) is 2. The van der Waals surface area contributed by atoms with E-state index < -0.39 is 5.97 Å². The second-order valence-electron chi connectivity index (χ2n) is 8.44. The fourth-order valence-electron chi connectivity index (χ4n) is 4.25. The number of hydrogen-bond donors (Lipinski definition) is 0. The summed E-state index contributed by atoms with van der Waals surface area (Å²) >= 11 is 0. The number of rotatable bonds is 7. The van der Waals surface area contributed by atoms with Gasteiger partial charge in [-0.05, 0) is 74.7 Å². The number of fused-ring (bicyclic) bond motifs is 1. The summed E-state index contributed by atoms with van der Waals surface area (Å²) in [5.74, 6) is 1.29. The average molecular weight is 513 g/mol. The third kappa shape index (κ3) is 6.32. The van der Waals surface area contributed by atoms with E-state index in [1.807, 2.05) is 101 Å². The van der Waals surface area contributed by atoms with E-state index in [-0.39, 0.29) is 12.3 Å².